The Kier molecular flexibility index (Phi) is 4.25. The number of hydrogen-bond donors (Lipinski definition) is 2. The molecule has 0 spiro atoms. The van der Waals surface area contributed by atoms with Crippen LogP contribution in [0, 0.1) is 5.41 Å². The molecule has 0 saturated heterocycles. The van der Waals surface area contributed by atoms with Gasteiger partial charge in [-0.1, -0.05) is 12.2 Å². The molecule has 88 valence electrons. The van der Waals surface area contributed by atoms with Crippen LogP contribution in [0.25, 0.3) is 0 Å². The molecular weight excluding hydrogens is 212 g/mol. The van der Waals surface area contributed by atoms with E-state index in [9.17, 15) is 9.90 Å². The standard InChI is InChI=1S/C10H20N2O2S/c1-9(2,14)6-12(5)8(13)10(3,4)7(11)15/h14H,6H2,1-5H3,(H2,11,15). The van der Waals surface area contributed by atoms with Crippen molar-refractivity contribution < 1.29 is 9.90 Å². The van der Waals surface area contributed by atoms with E-state index in [2.05, 4.69) is 0 Å². The van der Waals surface area contributed by atoms with Crippen LogP contribution in [0.4, 0.5) is 0 Å². The first-order valence-corrected chi connectivity index (χ1v) is 5.17. The van der Waals surface area contributed by atoms with Gasteiger partial charge in [0.2, 0.25) is 5.91 Å². The van der Waals surface area contributed by atoms with E-state index in [-0.39, 0.29) is 17.4 Å². The smallest absolute Gasteiger partial charge is 0.234 e. The summed E-state index contributed by atoms with van der Waals surface area (Å²) in [6, 6.07) is 0. The number of carbonyl (C=O) groups excluding carboxylic acids is 1. The molecule has 0 atom stereocenters. The van der Waals surface area contributed by atoms with Crippen molar-refractivity contribution >= 4 is 23.1 Å². The second-order valence-electron chi connectivity index (χ2n) is 4.96. The summed E-state index contributed by atoms with van der Waals surface area (Å²) in [5, 5.41) is 9.58. The van der Waals surface area contributed by atoms with Crippen molar-refractivity contribution in [2.75, 3.05) is 13.6 Å². The number of nitrogens with zero attached hydrogens (tertiary/aromatic N) is 1. The van der Waals surface area contributed by atoms with Crippen LogP contribution in [0.15, 0.2) is 0 Å². The highest BCUT2D eigenvalue weighted by molar-refractivity contribution is 7.80. The Morgan fingerprint density at radius 3 is 2.07 bits per heavy atom. The van der Waals surface area contributed by atoms with Crippen LogP contribution in [0.1, 0.15) is 27.7 Å². The predicted octanol–water partition coefficient (Wildman–Crippen LogP) is 0.528. The topological polar surface area (TPSA) is 66.6 Å². The molecule has 0 saturated carbocycles. The van der Waals surface area contributed by atoms with Gasteiger partial charge in [-0.2, -0.15) is 0 Å². The summed E-state index contributed by atoms with van der Waals surface area (Å²) in [6.07, 6.45) is 0. The minimum Gasteiger partial charge on any atom is -0.392 e. The molecule has 0 heterocycles. The lowest BCUT2D eigenvalue weighted by atomic mass is 9.91. The number of amides is 1. The Bertz CT molecular complexity index is 269. The molecule has 3 N–H and O–H groups in total. The van der Waals surface area contributed by atoms with Gasteiger partial charge in [-0.15, -0.1) is 0 Å². The molecule has 5 heteroatoms. The van der Waals surface area contributed by atoms with Gasteiger partial charge in [-0.3, -0.25) is 4.79 Å². The van der Waals surface area contributed by atoms with E-state index in [0.717, 1.165) is 0 Å². The molecule has 1 amide bonds. The molecule has 15 heavy (non-hydrogen) atoms. The minimum atomic E-state index is -0.920. The second kappa shape index (κ2) is 4.45. The zero-order chi connectivity index (χ0) is 12.4. The molecule has 0 aliphatic rings. The first kappa shape index (κ1) is 14.3. The van der Waals surface area contributed by atoms with E-state index in [1.54, 1.807) is 34.7 Å². The Hall–Kier alpha value is -0.680. The van der Waals surface area contributed by atoms with Gasteiger partial charge in [0.15, 0.2) is 0 Å². The second-order valence-corrected chi connectivity index (χ2v) is 5.40. The quantitative estimate of drug-likeness (QED) is 0.694. The maximum absolute atomic E-state index is 11.9. The van der Waals surface area contributed by atoms with E-state index in [4.69, 9.17) is 18.0 Å². The lowest BCUT2D eigenvalue weighted by Gasteiger charge is -2.32. The maximum atomic E-state index is 11.9. The Morgan fingerprint density at radius 2 is 1.80 bits per heavy atom. The van der Waals surface area contributed by atoms with Crippen molar-refractivity contribution in [1.29, 1.82) is 0 Å². The van der Waals surface area contributed by atoms with Crippen LogP contribution in [0.5, 0.6) is 0 Å². The van der Waals surface area contributed by atoms with Crippen molar-refractivity contribution in [2.24, 2.45) is 11.1 Å². The van der Waals surface area contributed by atoms with Crippen LogP contribution in [0.3, 0.4) is 0 Å². The van der Waals surface area contributed by atoms with Gasteiger partial charge in [-0.05, 0) is 27.7 Å². The van der Waals surface area contributed by atoms with Gasteiger partial charge in [0.1, 0.15) is 0 Å². The number of rotatable bonds is 4. The average molecular weight is 232 g/mol. The maximum Gasteiger partial charge on any atom is 0.234 e. The highest BCUT2D eigenvalue weighted by Crippen LogP contribution is 2.19. The first-order valence-electron chi connectivity index (χ1n) is 4.76. The molecular formula is C10H20N2O2S. The molecule has 0 bridgehead atoms. The number of hydrogen-bond acceptors (Lipinski definition) is 3. The molecule has 0 aliphatic carbocycles. The van der Waals surface area contributed by atoms with Crippen LogP contribution in [-0.2, 0) is 4.79 Å². The summed E-state index contributed by atoms with van der Waals surface area (Å²) in [5.41, 5.74) is 3.71. The van der Waals surface area contributed by atoms with Crippen molar-refractivity contribution in [3.8, 4) is 0 Å². The Balaban J connectivity index is 4.66. The zero-order valence-corrected chi connectivity index (χ0v) is 10.8. The molecule has 0 radical (unpaired) electrons. The number of aliphatic hydroxyl groups is 1. The van der Waals surface area contributed by atoms with Gasteiger partial charge in [0.25, 0.3) is 0 Å². The van der Waals surface area contributed by atoms with E-state index in [1.807, 2.05) is 0 Å². The third kappa shape index (κ3) is 4.13. The molecule has 0 aromatic rings. The van der Waals surface area contributed by atoms with E-state index in [0.29, 0.717) is 0 Å². The van der Waals surface area contributed by atoms with Crippen molar-refractivity contribution in [2.45, 2.75) is 33.3 Å². The number of likely N-dealkylation sites (N-methyl/N-ethyl adjacent to an activating group) is 1. The summed E-state index contributed by atoms with van der Waals surface area (Å²) in [4.78, 5) is 13.5. The van der Waals surface area contributed by atoms with E-state index >= 15 is 0 Å². The molecule has 0 aromatic heterocycles. The lowest BCUT2D eigenvalue weighted by molar-refractivity contribution is -0.138. The van der Waals surface area contributed by atoms with Gasteiger partial charge in [-0.25, -0.2) is 0 Å². The fraction of sp³-hybridized carbons (Fsp3) is 0.800. The van der Waals surface area contributed by atoms with E-state index < -0.39 is 11.0 Å². The van der Waals surface area contributed by atoms with Crippen LogP contribution >= 0.6 is 12.2 Å². The molecule has 0 fully saturated rings. The first-order chi connectivity index (χ1) is 6.48. The zero-order valence-electron chi connectivity index (χ0n) is 10.00. The van der Waals surface area contributed by atoms with Crippen LogP contribution < -0.4 is 5.73 Å². The van der Waals surface area contributed by atoms with Gasteiger partial charge in [0, 0.05) is 13.6 Å². The summed E-state index contributed by atoms with van der Waals surface area (Å²) >= 11 is 4.84. The molecule has 4 nitrogen and oxygen atoms in total. The third-order valence-corrected chi connectivity index (χ3v) is 2.63. The SMILES string of the molecule is CN(CC(C)(C)O)C(=O)C(C)(C)C(N)=S. The fourth-order valence-electron chi connectivity index (χ4n) is 1.23. The van der Waals surface area contributed by atoms with Gasteiger partial charge in [0.05, 0.1) is 16.0 Å². The lowest BCUT2D eigenvalue weighted by Crippen LogP contribution is -2.49. The highest BCUT2D eigenvalue weighted by atomic mass is 32.1. The fourth-order valence-corrected chi connectivity index (χ4v) is 1.32. The number of thiocarbonyl (C=S) groups is 1. The highest BCUT2D eigenvalue weighted by Gasteiger charge is 2.34. The van der Waals surface area contributed by atoms with Crippen LogP contribution in [-0.4, -0.2) is 40.1 Å². The summed E-state index contributed by atoms with van der Waals surface area (Å²) in [6.45, 7) is 6.89. The van der Waals surface area contributed by atoms with Crippen molar-refractivity contribution in [3.63, 3.8) is 0 Å². The monoisotopic (exact) mass is 232 g/mol. The minimum absolute atomic E-state index is 0.162. The largest absolute Gasteiger partial charge is 0.392 e. The molecule has 0 aliphatic heterocycles. The van der Waals surface area contributed by atoms with Gasteiger partial charge >= 0.3 is 0 Å². The predicted molar refractivity (Wildman–Crippen MR) is 64.5 cm³/mol. The van der Waals surface area contributed by atoms with Crippen molar-refractivity contribution in [3.05, 3.63) is 0 Å². The van der Waals surface area contributed by atoms with Gasteiger partial charge < -0.3 is 15.7 Å². The van der Waals surface area contributed by atoms with E-state index in [1.165, 1.54) is 4.90 Å². The summed E-state index contributed by atoms with van der Waals surface area (Å²) in [5.74, 6) is -0.183. The summed E-state index contributed by atoms with van der Waals surface area (Å²) < 4.78 is 0. The Morgan fingerprint density at radius 1 is 1.40 bits per heavy atom. The molecule has 0 unspecified atom stereocenters. The molecule has 0 aromatic carbocycles. The number of nitrogens with two attached hydrogens (primary N) is 1. The summed E-state index contributed by atoms with van der Waals surface area (Å²) in [7, 11) is 1.63. The Labute approximate surface area is 96.4 Å². The number of carbonyl (C=O) groups is 1. The molecule has 0 rings (SSSR count). The third-order valence-electron chi connectivity index (χ3n) is 2.12. The van der Waals surface area contributed by atoms with Crippen LogP contribution in [0.2, 0.25) is 0 Å². The van der Waals surface area contributed by atoms with Crippen molar-refractivity contribution in [1.82, 2.24) is 4.90 Å². The normalized spacial score (nSPS) is 12.4. The average Bonchev–Trinajstić information content (AvgIpc) is 1.99.